The largest absolute Gasteiger partial charge is 0.249 e. The second-order valence-corrected chi connectivity index (χ2v) is 2.75. The maximum absolute atomic E-state index is 4.15. The van der Waals surface area contributed by atoms with E-state index in [1.165, 1.54) is 0 Å². The van der Waals surface area contributed by atoms with Gasteiger partial charge in [0.05, 0.1) is 11.2 Å². The van der Waals surface area contributed by atoms with Gasteiger partial charge >= 0.3 is 0 Å². The molecule has 0 aliphatic carbocycles. The molecule has 0 aliphatic heterocycles. The Labute approximate surface area is 64.7 Å². The molecule has 0 bridgehead atoms. The molecule has 0 saturated carbocycles. The molecule has 0 fully saturated rings. The van der Waals surface area contributed by atoms with E-state index < -0.39 is 0 Å². The molecule has 0 amide bonds. The van der Waals surface area contributed by atoms with E-state index in [9.17, 15) is 0 Å². The number of hydrogen-bond donors (Lipinski definition) is 0. The first-order chi connectivity index (χ1) is 4.88. The van der Waals surface area contributed by atoms with E-state index in [0.29, 0.717) is 0 Å². The van der Waals surface area contributed by atoms with Crippen molar-refractivity contribution in [2.45, 2.75) is 6.42 Å². The molecule has 1 heterocycles. The van der Waals surface area contributed by atoms with Crippen molar-refractivity contribution in [1.29, 1.82) is 0 Å². The minimum atomic E-state index is 0.838. The summed E-state index contributed by atoms with van der Waals surface area (Å²) in [5, 5.41) is 0. The van der Waals surface area contributed by atoms with Crippen LogP contribution in [0.2, 0.25) is 0 Å². The Bertz CT molecular complexity index is 237. The highest BCUT2D eigenvalue weighted by Gasteiger charge is 1.98. The molecule has 0 unspecified atom stereocenters. The molecule has 10 heavy (non-hydrogen) atoms. The predicted octanol–water partition coefficient (Wildman–Crippen LogP) is 2.51. The molecule has 0 aromatic carbocycles. The summed E-state index contributed by atoms with van der Waals surface area (Å²) in [5.41, 5.74) is 2.91. The van der Waals surface area contributed by atoms with Gasteiger partial charge in [0.15, 0.2) is 0 Å². The molecule has 0 spiro atoms. The van der Waals surface area contributed by atoms with Crippen LogP contribution in [-0.2, 0) is 6.42 Å². The van der Waals surface area contributed by atoms with Crippen LogP contribution in [-0.4, -0.2) is 4.98 Å². The van der Waals surface area contributed by atoms with Gasteiger partial charge in [-0.3, -0.25) is 0 Å². The normalized spacial score (nSPS) is 9.20. The molecule has 0 saturated heterocycles. The van der Waals surface area contributed by atoms with Crippen LogP contribution in [0.5, 0.6) is 0 Å². The number of nitrogens with zero attached hydrogens (tertiary/aromatic N) is 1. The lowest BCUT2D eigenvalue weighted by Gasteiger charge is -1.89. The van der Waals surface area contributed by atoms with Crippen LogP contribution in [0, 0.1) is 0 Å². The fraction of sp³-hybridized carbons (Fsp3) is 0.125. The van der Waals surface area contributed by atoms with Crippen molar-refractivity contribution in [3.8, 4) is 0 Å². The summed E-state index contributed by atoms with van der Waals surface area (Å²) < 4.78 is 0. The van der Waals surface area contributed by atoms with Gasteiger partial charge in [0.1, 0.15) is 0 Å². The van der Waals surface area contributed by atoms with E-state index in [2.05, 4.69) is 18.1 Å². The summed E-state index contributed by atoms with van der Waals surface area (Å²) in [6, 6.07) is 0. The van der Waals surface area contributed by atoms with Crippen LogP contribution in [0.1, 0.15) is 10.6 Å². The Morgan fingerprint density at radius 2 is 2.40 bits per heavy atom. The molecule has 1 nitrogen and oxygen atoms in total. The van der Waals surface area contributed by atoms with Crippen molar-refractivity contribution in [3.05, 3.63) is 35.3 Å². The van der Waals surface area contributed by atoms with Gasteiger partial charge in [0, 0.05) is 11.3 Å². The van der Waals surface area contributed by atoms with E-state index >= 15 is 0 Å². The molecule has 0 radical (unpaired) electrons. The predicted molar refractivity (Wildman–Crippen MR) is 46.1 cm³/mol. The van der Waals surface area contributed by atoms with Gasteiger partial charge in [-0.25, -0.2) is 4.98 Å². The highest BCUT2D eigenvalue weighted by molar-refractivity contribution is 7.10. The third-order valence-corrected chi connectivity index (χ3v) is 2.06. The lowest BCUT2D eigenvalue weighted by molar-refractivity contribution is 1.15. The lowest BCUT2D eigenvalue weighted by atomic mass is 10.3. The van der Waals surface area contributed by atoms with Crippen molar-refractivity contribution < 1.29 is 0 Å². The molecular formula is C8H9NS. The van der Waals surface area contributed by atoms with Gasteiger partial charge in [-0.05, 0) is 0 Å². The smallest absolute Gasteiger partial charge is 0.0801 e. The Balaban J connectivity index is 2.89. The van der Waals surface area contributed by atoms with Gasteiger partial charge in [0.2, 0.25) is 0 Å². The Morgan fingerprint density at radius 1 is 1.60 bits per heavy atom. The summed E-state index contributed by atoms with van der Waals surface area (Å²) in [7, 11) is 0. The quantitative estimate of drug-likeness (QED) is 0.605. The minimum absolute atomic E-state index is 0.838. The third-order valence-electron chi connectivity index (χ3n) is 1.20. The highest BCUT2D eigenvalue weighted by atomic mass is 32.1. The molecule has 52 valence electrons. The number of hydrogen-bond acceptors (Lipinski definition) is 2. The monoisotopic (exact) mass is 151 g/mol. The Kier molecular flexibility index (Phi) is 2.40. The van der Waals surface area contributed by atoms with Crippen molar-refractivity contribution in [2.24, 2.45) is 0 Å². The molecule has 0 N–H and O–H groups in total. The van der Waals surface area contributed by atoms with Crippen molar-refractivity contribution in [3.63, 3.8) is 0 Å². The topological polar surface area (TPSA) is 12.9 Å². The summed E-state index contributed by atoms with van der Waals surface area (Å²) in [5.74, 6) is 0. The molecule has 0 atom stereocenters. The molecule has 0 aliphatic rings. The second kappa shape index (κ2) is 3.32. The number of rotatable bonds is 3. The molecule has 1 rings (SSSR count). The zero-order valence-electron chi connectivity index (χ0n) is 5.71. The van der Waals surface area contributed by atoms with Gasteiger partial charge < -0.3 is 0 Å². The lowest BCUT2D eigenvalue weighted by Crippen LogP contribution is -1.81. The van der Waals surface area contributed by atoms with Crippen LogP contribution in [0.4, 0.5) is 0 Å². The fourth-order valence-corrected chi connectivity index (χ4v) is 1.40. The Morgan fingerprint density at radius 3 is 3.00 bits per heavy atom. The first kappa shape index (κ1) is 7.22. The van der Waals surface area contributed by atoms with Gasteiger partial charge in [-0.1, -0.05) is 18.7 Å². The van der Waals surface area contributed by atoms with Crippen LogP contribution in [0.15, 0.2) is 24.7 Å². The second-order valence-electron chi connectivity index (χ2n) is 1.86. The minimum Gasteiger partial charge on any atom is -0.249 e. The summed E-state index contributed by atoms with van der Waals surface area (Å²) in [4.78, 5) is 5.31. The summed E-state index contributed by atoms with van der Waals surface area (Å²) in [6.07, 6.45) is 4.52. The van der Waals surface area contributed by atoms with Crippen molar-refractivity contribution in [2.75, 3.05) is 0 Å². The van der Waals surface area contributed by atoms with Crippen LogP contribution in [0.3, 0.4) is 0 Å². The highest BCUT2D eigenvalue weighted by Crippen LogP contribution is 2.14. The maximum Gasteiger partial charge on any atom is 0.0801 e. The number of aromatic nitrogens is 1. The zero-order chi connectivity index (χ0) is 7.40. The van der Waals surface area contributed by atoms with Crippen molar-refractivity contribution in [1.82, 2.24) is 4.98 Å². The summed E-state index contributed by atoms with van der Waals surface area (Å²) >= 11 is 1.61. The summed E-state index contributed by atoms with van der Waals surface area (Å²) in [6.45, 7) is 7.32. The third kappa shape index (κ3) is 1.33. The standard InChI is InChI=1S/C8H9NS/c1-3-5-7-8(4-2)10-6-9-7/h3-4,6H,1-2,5H2. The van der Waals surface area contributed by atoms with Crippen molar-refractivity contribution >= 4 is 17.4 Å². The van der Waals surface area contributed by atoms with Gasteiger partial charge in [-0.2, -0.15) is 0 Å². The maximum atomic E-state index is 4.15. The molecule has 1 aromatic heterocycles. The zero-order valence-corrected chi connectivity index (χ0v) is 6.53. The number of allylic oxidation sites excluding steroid dienone is 1. The van der Waals surface area contributed by atoms with E-state index in [4.69, 9.17) is 0 Å². The van der Waals surface area contributed by atoms with Gasteiger partial charge in [0.25, 0.3) is 0 Å². The van der Waals surface area contributed by atoms with Crippen LogP contribution >= 0.6 is 11.3 Å². The van der Waals surface area contributed by atoms with Gasteiger partial charge in [-0.15, -0.1) is 17.9 Å². The van der Waals surface area contributed by atoms with Crippen LogP contribution in [0.25, 0.3) is 6.08 Å². The molecule has 1 aromatic rings. The van der Waals surface area contributed by atoms with E-state index in [1.807, 2.05) is 17.7 Å². The van der Waals surface area contributed by atoms with E-state index in [1.54, 1.807) is 11.3 Å². The molecular weight excluding hydrogens is 142 g/mol. The average molecular weight is 151 g/mol. The number of thiazole rings is 1. The van der Waals surface area contributed by atoms with Crippen LogP contribution < -0.4 is 0 Å². The van der Waals surface area contributed by atoms with E-state index in [-0.39, 0.29) is 0 Å². The van der Waals surface area contributed by atoms with E-state index in [0.717, 1.165) is 17.0 Å². The molecule has 2 heteroatoms. The Hall–Kier alpha value is -0.890. The first-order valence-corrected chi connectivity index (χ1v) is 3.92. The SMILES string of the molecule is C=CCc1ncsc1C=C. The average Bonchev–Trinajstić information content (AvgIpc) is 2.36. The fourth-order valence-electron chi connectivity index (χ4n) is 0.734. The first-order valence-electron chi connectivity index (χ1n) is 3.04.